The largest absolute Gasteiger partial charge is 0.396 e. The summed E-state index contributed by atoms with van der Waals surface area (Å²) in [7, 11) is 1.54. The molecule has 3 heterocycles. The number of halogens is 1. The van der Waals surface area contributed by atoms with Crippen LogP contribution >= 0.6 is 11.6 Å². The average molecular weight is 450 g/mol. The van der Waals surface area contributed by atoms with Gasteiger partial charge in [0, 0.05) is 20.2 Å². The second-order valence-corrected chi connectivity index (χ2v) is 9.28. The number of aliphatic hydroxyl groups excluding tert-OH is 1. The highest BCUT2D eigenvalue weighted by atomic mass is 35.5. The van der Waals surface area contributed by atoms with Crippen LogP contribution < -0.4 is 10.6 Å². The van der Waals surface area contributed by atoms with Gasteiger partial charge in [-0.3, -0.25) is 14.4 Å². The Morgan fingerprint density at radius 3 is 2.71 bits per heavy atom. The molecule has 3 aliphatic heterocycles. The van der Waals surface area contributed by atoms with Crippen LogP contribution in [0.5, 0.6) is 0 Å². The maximum absolute atomic E-state index is 13.6. The fourth-order valence-electron chi connectivity index (χ4n) is 5.75. The fraction of sp³-hybridized carbons (Fsp3) is 0.591. The van der Waals surface area contributed by atoms with Crippen molar-refractivity contribution in [3.05, 3.63) is 28.8 Å². The van der Waals surface area contributed by atoms with Gasteiger partial charge in [0.05, 0.1) is 28.1 Å². The second-order valence-electron chi connectivity index (χ2n) is 8.87. The Hall–Kier alpha value is -2.16. The zero-order valence-electron chi connectivity index (χ0n) is 17.9. The number of amides is 3. The summed E-state index contributed by atoms with van der Waals surface area (Å²) in [6.07, 6.45) is 1.41. The molecule has 3 saturated heterocycles. The van der Waals surface area contributed by atoms with E-state index in [1.54, 1.807) is 12.1 Å². The molecule has 2 bridgehead atoms. The van der Waals surface area contributed by atoms with Crippen molar-refractivity contribution >= 4 is 35.0 Å². The summed E-state index contributed by atoms with van der Waals surface area (Å²) in [6, 6.07) is 4.41. The highest BCUT2D eigenvalue weighted by Crippen LogP contribution is 2.63. The zero-order chi connectivity index (χ0) is 22.6. The molecule has 0 saturated carbocycles. The van der Waals surface area contributed by atoms with Gasteiger partial charge in [0.1, 0.15) is 11.6 Å². The number of benzene rings is 1. The monoisotopic (exact) mass is 449 g/mol. The molecular formula is C22H28ClN3O5. The number of nitrogens with zero attached hydrogens (tertiary/aromatic N) is 1. The predicted molar refractivity (Wildman–Crippen MR) is 115 cm³/mol. The zero-order valence-corrected chi connectivity index (χ0v) is 18.7. The SMILES string of the molecule is CNC(=O)[C@@H]1[C@H]2C(=O)N(CCCO)C(C(=O)Nc3c(C)cccc3Cl)C23CC[C@@]1(C)O3. The smallest absolute Gasteiger partial charge is 0.250 e. The Morgan fingerprint density at radius 2 is 2.06 bits per heavy atom. The second kappa shape index (κ2) is 7.76. The number of carbonyl (C=O) groups excluding carboxylic acids is 3. The number of ether oxygens (including phenoxy) is 1. The normalized spacial score (nSPS) is 33.5. The number of aryl methyl sites for hydroxylation is 1. The van der Waals surface area contributed by atoms with Gasteiger partial charge in [-0.2, -0.15) is 0 Å². The first-order chi connectivity index (χ1) is 14.7. The Morgan fingerprint density at radius 1 is 1.32 bits per heavy atom. The first kappa shape index (κ1) is 22.0. The molecule has 31 heavy (non-hydrogen) atoms. The van der Waals surface area contributed by atoms with E-state index in [4.69, 9.17) is 16.3 Å². The third kappa shape index (κ3) is 3.15. The number of carbonyl (C=O) groups is 3. The molecule has 1 aromatic carbocycles. The summed E-state index contributed by atoms with van der Waals surface area (Å²) in [4.78, 5) is 41.4. The van der Waals surface area contributed by atoms with Crippen molar-refractivity contribution in [3.8, 4) is 0 Å². The van der Waals surface area contributed by atoms with E-state index in [2.05, 4.69) is 10.6 Å². The fourth-order valence-corrected chi connectivity index (χ4v) is 6.02. The molecule has 4 rings (SSSR count). The lowest BCUT2D eigenvalue weighted by Crippen LogP contribution is -2.53. The molecule has 3 N–H and O–H groups in total. The summed E-state index contributed by atoms with van der Waals surface area (Å²) in [5.74, 6) is -2.34. The van der Waals surface area contributed by atoms with E-state index >= 15 is 0 Å². The molecule has 2 unspecified atom stereocenters. The molecule has 3 fully saturated rings. The molecule has 0 aromatic heterocycles. The molecule has 8 nitrogen and oxygen atoms in total. The van der Waals surface area contributed by atoms with Gasteiger partial charge in [-0.1, -0.05) is 23.7 Å². The van der Waals surface area contributed by atoms with E-state index < -0.39 is 35.0 Å². The standard InChI is InChI=1S/C22H28ClN3O5/c1-12-6-4-7-13(23)16(12)25-19(29)17-22-9-8-21(2,31-22)14(18(28)24-3)15(22)20(30)26(17)10-5-11-27/h4,6-7,14-15,17,27H,5,8-11H2,1-3H3,(H,24,28)(H,25,29)/t14-,15-,17?,21+,22?/m0/s1. The van der Waals surface area contributed by atoms with Gasteiger partial charge in [0.15, 0.2) is 0 Å². The van der Waals surface area contributed by atoms with Gasteiger partial charge in [-0.25, -0.2) is 0 Å². The summed E-state index contributed by atoms with van der Waals surface area (Å²) >= 11 is 6.31. The van der Waals surface area contributed by atoms with Crippen molar-refractivity contribution in [2.75, 3.05) is 25.5 Å². The number of hydrogen-bond donors (Lipinski definition) is 3. The first-order valence-corrected chi connectivity index (χ1v) is 11.0. The van der Waals surface area contributed by atoms with Crippen LogP contribution in [-0.2, 0) is 19.1 Å². The topological polar surface area (TPSA) is 108 Å². The van der Waals surface area contributed by atoms with E-state index in [-0.39, 0.29) is 25.0 Å². The third-order valence-corrected chi connectivity index (χ3v) is 7.40. The van der Waals surface area contributed by atoms with E-state index in [9.17, 15) is 19.5 Å². The van der Waals surface area contributed by atoms with Crippen LogP contribution in [0.3, 0.4) is 0 Å². The van der Waals surface area contributed by atoms with Crippen molar-refractivity contribution < 1.29 is 24.2 Å². The molecule has 3 aliphatic rings. The summed E-state index contributed by atoms with van der Waals surface area (Å²) < 4.78 is 6.44. The molecule has 5 atom stereocenters. The van der Waals surface area contributed by atoms with Gasteiger partial charge >= 0.3 is 0 Å². The Labute approximate surface area is 186 Å². The lowest BCUT2D eigenvalue weighted by Gasteiger charge is -2.33. The molecule has 1 aromatic rings. The quantitative estimate of drug-likeness (QED) is 0.609. The van der Waals surface area contributed by atoms with Crippen LogP contribution in [0.25, 0.3) is 0 Å². The molecule has 0 aliphatic carbocycles. The summed E-state index contributed by atoms with van der Waals surface area (Å²) in [5, 5.41) is 15.3. The van der Waals surface area contributed by atoms with Gasteiger partial charge < -0.3 is 25.4 Å². The minimum absolute atomic E-state index is 0.114. The number of rotatable bonds is 6. The average Bonchev–Trinajstić information content (AvgIpc) is 3.29. The van der Waals surface area contributed by atoms with Crippen LogP contribution in [-0.4, -0.2) is 65.2 Å². The Kier molecular flexibility index (Phi) is 5.52. The Bertz CT molecular complexity index is 919. The highest BCUT2D eigenvalue weighted by molar-refractivity contribution is 6.34. The van der Waals surface area contributed by atoms with E-state index in [1.807, 2.05) is 19.9 Å². The van der Waals surface area contributed by atoms with Gasteiger partial charge in [0.2, 0.25) is 17.7 Å². The number of para-hydroxylation sites is 1. The molecule has 168 valence electrons. The van der Waals surface area contributed by atoms with Gasteiger partial charge in [-0.15, -0.1) is 0 Å². The molecule has 9 heteroatoms. The lowest BCUT2D eigenvalue weighted by molar-refractivity contribution is -0.144. The predicted octanol–water partition coefficient (Wildman–Crippen LogP) is 1.48. The number of nitrogens with one attached hydrogen (secondary N) is 2. The molecular weight excluding hydrogens is 422 g/mol. The highest BCUT2D eigenvalue weighted by Gasteiger charge is 2.77. The van der Waals surface area contributed by atoms with Crippen LogP contribution in [0.4, 0.5) is 5.69 Å². The number of aliphatic hydroxyl groups is 1. The van der Waals surface area contributed by atoms with Crippen molar-refractivity contribution in [1.82, 2.24) is 10.2 Å². The van der Waals surface area contributed by atoms with Crippen LogP contribution in [0, 0.1) is 18.8 Å². The van der Waals surface area contributed by atoms with E-state index in [0.717, 1.165) is 5.56 Å². The Balaban J connectivity index is 1.75. The minimum Gasteiger partial charge on any atom is -0.396 e. The van der Waals surface area contributed by atoms with Crippen LogP contribution in [0.2, 0.25) is 5.02 Å². The van der Waals surface area contributed by atoms with Crippen molar-refractivity contribution in [1.29, 1.82) is 0 Å². The first-order valence-electron chi connectivity index (χ1n) is 10.6. The molecule has 0 radical (unpaired) electrons. The summed E-state index contributed by atoms with van der Waals surface area (Å²) in [6.45, 7) is 3.77. The van der Waals surface area contributed by atoms with Crippen molar-refractivity contribution in [2.45, 2.75) is 50.4 Å². The minimum atomic E-state index is -1.09. The molecule has 1 spiro atoms. The summed E-state index contributed by atoms with van der Waals surface area (Å²) in [5.41, 5.74) is -0.599. The number of anilines is 1. The van der Waals surface area contributed by atoms with Gasteiger partial charge in [-0.05, 0) is 44.7 Å². The number of fused-ring (bicyclic) bond motifs is 1. The molecule has 3 amide bonds. The van der Waals surface area contributed by atoms with Crippen LogP contribution in [0.15, 0.2) is 18.2 Å². The van der Waals surface area contributed by atoms with Crippen molar-refractivity contribution in [2.24, 2.45) is 11.8 Å². The van der Waals surface area contributed by atoms with Crippen molar-refractivity contribution in [3.63, 3.8) is 0 Å². The van der Waals surface area contributed by atoms with E-state index in [1.165, 1.54) is 11.9 Å². The van der Waals surface area contributed by atoms with Gasteiger partial charge in [0.25, 0.3) is 0 Å². The number of hydrogen-bond acceptors (Lipinski definition) is 5. The maximum atomic E-state index is 13.6. The van der Waals surface area contributed by atoms with Crippen LogP contribution in [0.1, 0.15) is 31.7 Å². The van der Waals surface area contributed by atoms with E-state index in [0.29, 0.717) is 30.0 Å². The lowest BCUT2D eigenvalue weighted by atomic mass is 9.66. The maximum Gasteiger partial charge on any atom is 0.250 e. The third-order valence-electron chi connectivity index (χ3n) is 7.08. The number of likely N-dealkylation sites (tertiary alicyclic amines) is 1.